The summed E-state index contributed by atoms with van der Waals surface area (Å²) in [7, 11) is 0. The van der Waals surface area contributed by atoms with Crippen molar-refractivity contribution in [1.29, 1.82) is 0 Å². The summed E-state index contributed by atoms with van der Waals surface area (Å²) in [5, 5.41) is 3.66. The second-order valence-electron chi connectivity index (χ2n) is 4.38. The highest BCUT2D eigenvalue weighted by atomic mass is 19.1. The molecule has 1 aromatic heterocycles. The summed E-state index contributed by atoms with van der Waals surface area (Å²) in [5.41, 5.74) is 1.13. The molecule has 0 unspecified atom stereocenters. The number of carbonyl (C=O) groups excluding carboxylic acids is 1. The first-order valence-electron chi connectivity index (χ1n) is 6.56. The topological polar surface area (TPSA) is 52.3 Å². The summed E-state index contributed by atoms with van der Waals surface area (Å²) in [6, 6.07) is 8.10. The number of hydrogen-bond acceptors (Lipinski definition) is 4. The van der Waals surface area contributed by atoms with Crippen molar-refractivity contribution >= 4 is 5.97 Å². The van der Waals surface area contributed by atoms with Crippen LogP contribution in [0.1, 0.15) is 35.2 Å². The highest BCUT2D eigenvalue weighted by Gasteiger charge is 2.13. The predicted molar refractivity (Wildman–Crippen MR) is 70.9 cm³/mol. The van der Waals surface area contributed by atoms with Crippen LogP contribution in [0.3, 0.4) is 0 Å². The van der Waals surface area contributed by atoms with E-state index in [1.54, 1.807) is 19.1 Å². The zero-order valence-corrected chi connectivity index (χ0v) is 11.3. The van der Waals surface area contributed by atoms with Gasteiger partial charge in [-0.2, -0.15) is 0 Å². The van der Waals surface area contributed by atoms with Gasteiger partial charge in [0.2, 0.25) is 0 Å². The Morgan fingerprint density at radius 3 is 2.95 bits per heavy atom. The lowest BCUT2D eigenvalue weighted by Gasteiger charge is -1.99. The van der Waals surface area contributed by atoms with Crippen molar-refractivity contribution in [2.24, 2.45) is 0 Å². The third kappa shape index (κ3) is 3.91. The molecule has 106 valence electrons. The Balaban J connectivity index is 1.84. The molecule has 5 heteroatoms. The molecule has 0 N–H and O–H groups in total. The summed E-state index contributed by atoms with van der Waals surface area (Å²) < 4.78 is 22.9. The van der Waals surface area contributed by atoms with Crippen molar-refractivity contribution in [2.45, 2.75) is 26.2 Å². The highest BCUT2D eigenvalue weighted by Crippen LogP contribution is 2.11. The van der Waals surface area contributed by atoms with Gasteiger partial charge in [0.1, 0.15) is 11.6 Å². The van der Waals surface area contributed by atoms with Crippen LogP contribution in [0.15, 0.2) is 34.9 Å². The van der Waals surface area contributed by atoms with E-state index in [1.807, 2.05) is 6.07 Å². The average molecular weight is 277 g/mol. The number of rotatable bonds is 6. The lowest BCUT2D eigenvalue weighted by Crippen LogP contribution is -2.04. The second-order valence-corrected chi connectivity index (χ2v) is 4.38. The molecule has 1 aromatic carbocycles. The number of hydrogen-bond donors (Lipinski definition) is 0. The molecule has 0 bridgehead atoms. The van der Waals surface area contributed by atoms with Crippen molar-refractivity contribution in [3.05, 3.63) is 53.2 Å². The van der Waals surface area contributed by atoms with Gasteiger partial charge in [-0.1, -0.05) is 17.3 Å². The first-order valence-corrected chi connectivity index (χ1v) is 6.56. The van der Waals surface area contributed by atoms with E-state index in [0.29, 0.717) is 18.8 Å². The van der Waals surface area contributed by atoms with Gasteiger partial charge < -0.3 is 9.26 Å². The van der Waals surface area contributed by atoms with E-state index in [1.165, 1.54) is 12.1 Å². The second kappa shape index (κ2) is 6.84. The van der Waals surface area contributed by atoms with Gasteiger partial charge in [-0.3, -0.25) is 0 Å². The van der Waals surface area contributed by atoms with Gasteiger partial charge in [0.25, 0.3) is 0 Å². The minimum Gasteiger partial charge on any atom is -0.461 e. The normalized spacial score (nSPS) is 10.5. The largest absolute Gasteiger partial charge is 0.461 e. The van der Waals surface area contributed by atoms with Gasteiger partial charge in [0.05, 0.1) is 6.61 Å². The number of nitrogens with zero attached hydrogens (tertiary/aromatic N) is 1. The molecule has 4 nitrogen and oxygen atoms in total. The monoisotopic (exact) mass is 277 g/mol. The van der Waals surface area contributed by atoms with Crippen LogP contribution in [0.4, 0.5) is 4.39 Å². The number of ether oxygens (including phenoxy) is 1. The molecular formula is C15H16FNO3. The van der Waals surface area contributed by atoms with E-state index in [4.69, 9.17) is 9.26 Å². The van der Waals surface area contributed by atoms with Crippen molar-refractivity contribution < 1.29 is 18.4 Å². The number of carbonyl (C=O) groups is 1. The third-order valence-electron chi connectivity index (χ3n) is 2.82. The summed E-state index contributed by atoms with van der Waals surface area (Å²) in [4.78, 5) is 11.4. The Morgan fingerprint density at radius 2 is 2.20 bits per heavy atom. The zero-order chi connectivity index (χ0) is 14.4. The van der Waals surface area contributed by atoms with Crippen molar-refractivity contribution in [3.63, 3.8) is 0 Å². The molecule has 20 heavy (non-hydrogen) atoms. The van der Waals surface area contributed by atoms with Gasteiger partial charge in [0, 0.05) is 12.5 Å². The molecule has 0 spiro atoms. The smallest absolute Gasteiger partial charge is 0.360 e. The number of aryl methyl sites for hydroxylation is 2. The molecule has 0 aliphatic carbocycles. The minimum absolute atomic E-state index is 0.188. The fourth-order valence-corrected chi connectivity index (χ4v) is 1.89. The molecule has 0 fully saturated rings. The molecule has 0 saturated carbocycles. The lowest BCUT2D eigenvalue weighted by atomic mass is 10.1. The number of aromatic nitrogens is 1. The van der Waals surface area contributed by atoms with Crippen LogP contribution < -0.4 is 0 Å². The maximum Gasteiger partial charge on any atom is 0.360 e. The molecule has 0 aliphatic rings. The number of esters is 1. The van der Waals surface area contributed by atoms with Crippen molar-refractivity contribution in [2.75, 3.05) is 6.61 Å². The van der Waals surface area contributed by atoms with E-state index >= 15 is 0 Å². The number of benzene rings is 1. The molecule has 2 rings (SSSR count). The van der Waals surface area contributed by atoms with Gasteiger partial charge in [-0.05, 0) is 37.5 Å². The summed E-state index contributed by atoms with van der Waals surface area (Å²) in [6.45, 7) is 2.04. The first-order chi connectivity index (χ1) is 9.69. The van der Waals surface area contributed by atoms with Crippen LogP contribution in [0.25, 0.3) is 0 Å². The Bertz CT molecular complexity index is 580. The highest BCUT2D eigenvalue weighted by molar-refractivity contribution is 5.87. The van der Waals surface area contributed by atoms with E-state index in [0.717, 1.165) is 18.4 Å². The van der Waals surface area contributed by atoms with Gasteiger partial charge in [-0.15, -0.1) is 0 Å². The number of halogens is 1. The van der Waals surface area contributed by atoms with Crippen LogP contribution in [-0.2, 0) is 17.6 Å². The van der Waals surface area contributed by atoms with E-state index in [-0.39, 0.29) is 11.5 Å². The summed E-state index contributed by atoms with van der Waals surface area (Å²) >= 11 is 0. The van der Waals surface area contributed by atoms with Gasteiger partial charge in [-0.25, -0.2) is 9.18 Å². The van der Waals surface area contributed by atoms with Crippen molar-refractivity contribution in [1.82, 2.24) is 5.16 Å². The average Bonchev–Trinajstić information content (AvgIpc) is 2.88. The van der Waals surface area contributed by atoms with Crippen LogP contribution >= 0.6 is 0 Å². The molecule has 2 aromatic rings. The maximum absolute atomic E-state index is 13.0. The SMILES string of the molecule is CCOC(=O)c1cc(CCCc2cccc(F)c2)on1. The Labute approximate surface area is 116 Å². The van der Waals surface area contributed by atoms with E-state index in [9.17, 15) is 9.18 Å². The Hall–Kier alpha value is -2.17. The van der Waals surface area contributed by atoms with E-state index in [2.05, 4.69) is 5.16 Å². The molecule has 1 heterocycles. The van der Waals surface area contributed by atoms with Gasteiger partial charge in [0.15, 0.2) is 5.69 Å². The predicted octanol–water partition coefficient (Wildman–Crippen LogP) is 3.17. The standard InChI is InChI=1S/C15H16FNO3/c1-2-19-15(18)14-10-13(20-17-14)8-4-6-11-5-3-7-12(16)9-11/h3,5,7,9-10H,2,4,6,8H2,1H3. The van der Waals surface area contributed by atoms with Crippen molar-refractivity contribution in [3.8, 4) is 0 Å². The van der Waals surface area contributed by atoms with Gasteiger partial charge >= 0.3 is 5.97 Å². The third-order valence-corrected chi connectivity index (χ3v) is 2.82. The van der Waals surface area contributed by atoms with Crippen LogP contribution in [-0.4, -0.2) is 17.7 Å². The molecule has 0 aliphatic heterocycles. The Kier molecular flexibility index (Phi) is 4.87. The van der Waals surface area contributed by atoms with Crippen LogP contribution in [0, 0.1) is 5.82 Å². The lowest BCUT2D eigenvalue weighted by molar-refractivity contribution is 0.0514. The first kappa shape index (κ1) is 14.2. The fourth-order valence-electron chi connectivity index (χ4n) is 1.89. The van der Waals surface area contributed by atoms with Crippen LogP contribution in [0.2, 0.25) is 0 Å². The quantitative estimate of drug-likeness (QED) is 0.761. The Morgan fingerprint density at radius 1 is 1.35 bits per heavy atom. The fraction of sp³-hybridized carbons (Fsp3) is 0.333. The van der Waals surface area contributed by atoms with E-state index < -0.39 is 5.97 Å². The molecule has 0 radical (unpaired) electrons. The summed E-state index contributed by atoms with van der Waals surface area (Å²) in [6.07, 6.45) is 2.18. The molecule has 0 saturated heterocycles. The molecule has 0 atom stereocenters. The molecular weight excluding hydrogens is 261 g/mol. The molecule has 0 amide bonds. The maximum atomic E-state index is 13.0. The van der Waals surface area contributed by atoms with Crippen LogP contribution in [0.5, 0.6) is 0 Å². The zero-order valence-electron chi connectivity index (χ0n) is 11.3. The minimum atomic E-state index is -0.479. The summed E-state index contributed by atoms with van der Waals surface area (Å²) in [5.74, 6) is -0.0798.